The molecule has 178 valence electrons. The van der Waals surface area contributed by atoms with Crippen molar-refractivity contribution >= 4 is 5.97 Å². The van der Waals surface area contributed by atoms with Gasteiger partial charge >= 0.3 is 12.1 Å². The maximum Gasteiger partial charge on any atom is 0.416 e. The highest BCUT2D eigenvalue weighted by atomic mass is 19.4. The van der Waals surface area contributed by atoms with Crippen LogP contribution in [0.5, 0.6) is 0 Å². The fourth-order valence-corrected chi connectivity index (χ4v) is 5.30. The summed E-state index contributed by atoms with van der Waals surface area (Å²) in [4.78, 5) is 15.3. The molecule has 0 amide bonds. The van der Waals surface area contributed by atoms with Gasteiger partial charge in [0.1, 0.15) is 5.60 Å². The third-order valence-electron chi connectivity index (χ3n) is 6.96. The van der Waals surface area contributed by atoms with E-state index in [9.17, 15) is 18.0 Å². The van der Waals surface area contributed by atoms with Gasteiger partial charge in [0.2, 0.25) is 0 Å². The van der Waals surface area contributed by atoms with Crippen molar-refractivity contribution in [2.75, 3.05) is 39.4 Å². The fraction of sp³-hybridized carbons (Fsp3) is 0.708. The molecule has 0 aromatic heterocycles. The molecule has 1 aromatic rings. The molecule has 3 aliphatic rings. The van der Waals surface area contributed by atoms with Crippen LogP contribution in [-0.2, 0) is 32.4 Å². The lowest BCUT2D eigenvalue weighted by molar-refractivity contribution is -0.166. The number of carbonyl (C=O) groups excluding carboxylic acids is 1. The van der Waals surface area contributed by atoms with E-state index in [2.05, 4.69) is 10.2 Å². The number of benzene rings is 1. The van der Waals surface area contributed by atoms with Gasteiger partial charge in [0.15, 0.2) is 0 Å². The molecule has 4 rings (SSSR count). The van der Waals surface area contributed by atoms with Gasteiger partial charge in [-0.05, 0) is 75.7 Å². The molecule has 0 saturated carbocycles. The van der Waals surface area contributed by atoms with Crippen LogP contribution < -0.4 is 5.32 Å². The summed E-state index contributed by atoms with van der Waals surface area (Å²) in [5, 5.41) is 3.36. The smallest absolute Gasteiger partial charge is 0.416 e. The van der Waals surface area contributed by atoms with Crippen LogP contribution in [0.2, 0.25) is 0 Å². The first-order valence-electron chi connectivity index (χ1n) is 11.4. The van der Waals surface area contributed by atoms with Crippen molar-refractivity contribution in [1.29, 1.82) is 0 Å². The predicted octanol–water partition coefficient (Wildman–Crippen LogP) is 3.75. The Bertz CT molecular complexity index is 832. The van der Waals surface area contributed by atoms with Crippen molar-refractivity contribution in [2.45, 2.75) is 57.3 Å². The Labute approximate surface area is 187 Å². The number of hydrogen-bond acceptors (Lipinski definition) is 5. The lowest BCUT2D eigenvalue weighted by Gasteiger charge is -2.38. The number of carbonyl (C=O) groups is 1. The van der Waals surface area contributed by atoms with Gasteiger partial charge in [0.05, 0.1) is 11.0 Å². The van der Waals surface area contributed by atoms with Crippen molar-refractivity contribution in [3.05, 3.63) is 34.9 Å². The van der Waals surface area contributed by atoms with E-state index in [0.29, 0.717) is 43.5 Å². The molecular weight excluding hydrogens is 421 g/mol. The molecular formula is C24H33F3N2O3. The highest BCUT2D eigenvalue weighted by Gasteiger charge is 2.46. The zero-order valence-electron chi connectivity index (χ0n) is 19.1. The first-order valence-corrected chi connectivity index (χ1v) is 11.4. The normalized spacial score (nSPS) is 26.2. The van der Waals surface area contributed by atoms with Crippen LogP contribution in [0.4, 0.5) is 13.2 Å². The molecule has 2 unspecified atom stereocenters. The maximum absolute atomic E-state index is 14.1. The van der Waals surface area contributed by atoms with E-state index < -0.39 is 28.7 Å². The average molecular weight is 455 g/mol. The first-order chi connectivity index (χ1) is 15.0. The van der Waals surface area contributed by atoms with Gasteiger partial charge in [-0.2, -0.15) is 13.2 Å². The summed E-state index contributed by atoms with van der Waals surface area (Å²) in [5.41, 5.74) is -1.87. The third kappa shape index (κ3) is 4.82. The largest absolute Gasteiger partial charge is 0.459 e. The summed E-state index contributed by atoms with van der Waals surface area (Å²) in [5.74, 6) is 0.552. The minimum absolute atomic E-state index is 0.264. The zero-order valence-corrected chi connectivity index (χ0v) is 19.1. The van der Waals surface area contributed by atoms with Crippen LogP contribution in [0, 0.1) is 11.8 Å². The monoisotopic (exact) mass is 454 g/mol. The number of rotatable bonds is 4. The minimum atomic E-state index is -4.50. The summed E-state index contributed by atoms with van der Waals surface area (Å²) >= 11 is 0. The molecule has 0 aliphatic carbocycles. The van der Waals surface area contributed by atoms with Crippen molar-refractivity contribution in [3.63, 3.8) is 0 Å². The molecule has 5 nitrogen and oxygen atoms in total. The Balaban J connectivity index is 1.65. The highest BCUT2D eigenvalue weighted by molar-refractivity contribution is 5.84. The van der Waals surface area contributed by atoms with E-state index in [-0.39, 0.29) is 12.1 Å². The predicted molar refractivity (Wildman–Crippen MR) is 114 cm³/mol. The first kappa shape index (κ1) is 23.5. The number of hydrogen-bond donors (Lipinski definition) is 1. The lowest BCUT2D eigenvalue weighted by atomic mass is 9.73. The van der Waals surface area contributed by atoms with Gasteiger partial charge in [-0.1, -0.05) is 12.1 Å². The standard InChI is InChI=1S/C24H33F3N2O3/c1-22(2,3)32-21(30)23(6-8-31-9-7-23)19-5-4-16(20(10-19)24(25,26)27)13-29-14-17-11-28-12-18(17)15-29/h4-5,10,17-18,28H,6-9,11-15H2,1-3H3. The molecule has 1 N–H and O–H groups in total. The van der Waals surface area contributed by atoms with E-state index in [1.165, 1.54) is 6.07 Å². The molecule has 0 bridgehead atoms. The highest BCUT2D eigenvalue weighted by Crippen LogP contribution is 2.42. The van der Waals surface area contributed by atoms with E-state index in [1.54, 1.807) is 32.9 Å². The Hall–Kier alpha value is -1.64. The lowest BCUT2D eigenvalue weighted by Crippen LogP contribution is -2.45. The van der Waals surface area contributed by atoms with Crippen LogP contribution in [0.25, 0.3) is 0 Å². The van der Waals surface area contributed by atoms with Gasteiger partial charge in [0, 0.05) is 32.8 Å². The summed E-state index contributed by atoms with van der Waals surface area (Å²) in [7, 11) is 0. The van der Waals surface area contributed by atoms with Gasteiger partial charge < -0.3 is 14.8 Å². The second-order valence-electron chi connectivity index (χ2n) is 10.4. The summed E-state index contributed by atoms with van der Waals surface area (Å²) < 4.78 is 53.5. The van der Waals surface area contributed by atoms with Crippen molar-refractivity contribution in [1.82, 2.24) is 10.2 Å². The molecule has 2 atom stereocenters. The van der Waals surface area contributed by atoms with E-state index in [1.807, 2.05) is 0 Å². The van der Waals surface area contributed by atoms with Crippen LogP contribution >= 0.6 is 0 Å². The molecule has 8 heteroatoms. The van der Waals surface area contributed by atoms with Crippen LogP contribution in [0.15, 0.2) is 18.2 Å². The second-order valence-corrected chi connectivity index (χ2v) is 10.4. The van der Waals surface area contributed by atoms with Crippen molar-refractivity contribution < 1.29 is 27.4 Å². The Morgan fingerprint density at radius 3 is 2.34 bits per heavy atom. The van der Waals surface area contributed by atoms with Crippen LogP contribution in [0.3, 0.4) is 0 Å². The van der Waals surface area contributed by atoms with E-state index >= 15 is 0 Å². The topological polar surface area (TPSA) is 50.8 Å². The second kappa shape index (κ2) is 8.61. The van der Waals surface area contributed by atoms with E-state index in [4.69, 9.17) is 9.47 Å². The molecule has 0 spiro atoms. The van der Waals surface area contributed by atoms with Gasteiger partial charge in [0.25, 0.3) is 0 Å². The summed E-state index contributed by atoms with van der Waals surface area (Å²) in [6, 6.07) is 4.44. The van der Waals surface area contributed by atoms with Crippen LogP contribution in [-0.4, -0.2) is 55.9 Å². The Kier molecular flexibility index (Phi) is 6.33. The molecule has 32 heavy (non-hydrogen) atoms. The summed E-state index contributed by atoms with van der Waals surface area (Å²) in [6.07, 6.45) is -3.88. The fourth-order valence-electron chi connectivity index (χ4n) is 5.30. The number of fused-ring (bicyclic) bond motifs is 1. The minimum Gasteiger partial charge on any atom is -0.459 e. The van der Waals surface area contributed by atoms with Crippen molar-refractivity contribution in [3.8, 4) is 0 Å². The van der Waals surface area contributed by atoms with Crippen LogP contribution in [0.1, 0.15) is 50.3 Å². The Morgan fingerprint density at radius 1 is 1.16 bits per heavy atom. The number of halogens is 3. The SMILES string of the molecule is CC(C)(C)OC(=O)C1(c2ccc(CN3CC4CNCC4C3)c(C(F)(F)F)c2)CCOCC1. The molecule has 1 aromatic carbocycles. The average Bonchev–Trinajstić information content (AvgIpc) is 3.28. The quantitative estimate of drug-likeness (QED) is 0.703. The molecule has 3 saturated heterocycles. The van der Waals surface area contributed by atoms with Gasteiger partial charge in [-0.25, -0.2) is 0 Å². The zero-order chi connectivity index (χ0) is 23.1. The number of ether oxygens (including phenoxy) is 2. The molecule has 3 fully saturated rings. The summed E-state index contributed by atoms with van der Waals surface area (Å²) in [6.45, 7) is 9.70. The van der Waals surface area contributed by atoms with Gasteiger partial charge in [-0.3, -0.25) is 9.69 Å². The molecule has 3 heterocycles. The Morgan fingerprint density at radius 2 is 1.78 bits per heavy atom. The van der Waals surface area contributed by atoms with E-state index in [0.717, 1.165) is 26.2 Å². The molecule has 0 radical (unpaired) electrons. The number of esters is 1. The number of likely N-dealkylation sites (tertiary alicyclic amines) is 1. The van der Waals surface area contributed by atoms with Crippen molar-refractivity contribution in [2.24, 2.45) is 11.8 Å². The molecule has 3 aliphatic heterocycles. The van der Waals surface area contributed by atoms with Gasteiger partial charge in [-0.15, -0.1) is 0 Å². The third-order valence-corrected chi connectivity index (χ3v) is 6.96. The maximum atomic E-state index is 14.1. The number of nitrogens with zero attached hydrogens (tertiary/aromatic N) is 1. The number of nitrogens with one attached hydrogen (secondary N) is 1. The number of alkyl halides is 3.